The Balaban J connectivity index is 3.05. The third-order valence-corrected chi connectivity index (χ3v) is 3.06. The summed E-state index contributed by atoms with van der Waals surface area (Å²) in [7, 11) is -3.83. The van der Waals surface area contributed by atoms with Gasteiger partial charge in [0.1, 0.15) is 0 Å². The Bertz CT molecular complexity index is 437. The second-order valence-corrected chi connectivity index (χ2v) is 4.60. The highest BCUT2D eigenvalue weighted by Gasteiger charge is 2.20. The topological polar surface area (TPSA) is 103 Å². The molecule has 0 aliphatic rings. The summed E-state index contributed by atoms with van der Waals surface area (Å²) in [5.41, 5.74) is 5.75. The van der Waals surface area contributed by atoms with Crippen molar-refractivity contribution >= 4 is 15.5 Å². The van der Waals surface area contributed by atoms with Gasteiger partial charge in [0.05, 0.1) is 4.90 Å². The molecule has 0 spiro atoms. The van der Waals surface area contributed by atoms with Crippen LogP contribution in [-0.4, -0.2) is 19.2 Å². The van der Waals surface area contributed by atoms with E-state index in [1.807, 2.05) is 0 Å². The fraction of sp³-hybridized carbons (Fsp3) is 0.143. The van der Waals surface area contributed by atoms with Crippen LogP contribution in [0.3, 0.4) is 0 Å². The summed E-state index contributed by atoms with van der Waals surface area (Å²) < 4.78 is 22.5. The highest BCUT2D eigenvalue weighted by atomic mass is 32.2. The van der Waals surface area contributed by atoms with Crippen molar-refractivity contribution in [2.24, 2.45) is 0 Å². The van der Waals surface area contributed by atoms with E-state index in [9.17, 15) is 18.5 Å². The molecule has 0 radical (unpaired) electrons. The molecule has 2 N–H and O–H groups in total. The van der Waals surface area contributed by atoms with E-state index in [1.165, 1.54) is 24.3 Å². The zero-order valence-corrected chi connectivity index (χ0v) is 7.90. The smallest absolute Gasteiger partial charge is 0.305 e. The van der Waals surface area contributed by atoms with Crippen molar-refractivity contribution in [3.63, 3.8) is 0 Å². The third-order valence-electron chi connectivity index (χ3n) is 1.51. The maximum absolute atomic E-state index is 11.3. The second-order valence-electron chi connectivity index (χ2n) is 2.65. The van der Waals surface area contributed by atoms with Gasteiger partial charge in [-0.1, -0.05) is 0 Å². The summed E-state index contributed by atoms with van der Waals surface area (Å²) in [6.45, 7) is 0. The minimum atomic E-state index is -3.83. The molecule has 1 aromatic rings. The van der Waals surface area contributed by atoms with E-state index in [0.29, 0.717) is 5.69 Å². The molecule has 7 heteroatoms. The van der Waals surface area contributed by atoms with Gasteiger partial charge < -0.3 is 5.73 Å². The van der Waals surface area contributed by atoms with E-state index >= 15 is 0 Å². The molecule has 0 aliphatic heterocycles. The predicted octanol–water partition coefficient (Wildman–Crippen LogP) is 0.277. The van der Waals surface area contributed by atoms with Gasteiger partial charge in [0.25, 0.3) is 0 Å². The monoisotopic (exact) mass is 216 g/mol. The van der Waals surface area contributed by atoms with Crippen LogP contribution in [0, 0.1) is 10.1 Å². The van der Waals surface area contributed by atoms with Gasteiger partial charge in [-0.25, -0.2) is 8.42 Å². The van der Waals surface area contributed by atoms with Crippen molar-refractivity contribution < 1.29 is 13.3 Å². The van der Waals surface area contributed by atoms with Gasteiger partial charge in [-0.15, -0.1) is 0 Å². The number of nitrogens with two attached hydrogens (primary N) is 1. The number of nitrogen functional groups attached to an aromatic ring is 1. The first-order chi connectivity index (χ1) is 6.42. The molecule has 0 saturated heterocycles. The lowest BCUT2D eigenvalue weighted by Gasteiger charge is -1.99. The molecule has 0 aliphatic carbocycles. The first kappa shape index (κ1) is 10.5. The third kappa shape index (κ3) is 2.43. The standard InChI is InChI=1S/C7H8N2O4S/c8-6-1-3-7(4-2-6)14(12,13)5-9(10)11/h1-4H,5,8H2. The van der Waals surface area contributed by atoms with E-state index in [4.69, 9.17) is 5.73 Å². The largest absolute Gasteiger partial charge is 0.399 e. The van der Waals surface area contributed by atoms with Crippen molar-refractivity contribution in [1.29, 1.82) is 0 Å². The maximum atomic E-state index is 11.3. The Morgan fingerprint density at radius 2 is 1.79 bits per heavy atom. The average molecular weight is 216 g/mol. The summed E-state index contributed by atoms with van der Waals surface area (Å²) in [6.07, 6.45) is 0. The van der Waals surface area contributed by atoms with Crippen LogP contribution >= 0.6 is 0 Å². The molecule has 0 bridgehead atoms. The predicted molar refractivity (Wildman–Crippen MR) is 49.9 cm³/mol. The van der Waals surface area contributed by atoms with Crippen molar-refractivity contribution in [3.8, 4) is 0 Å². The number of nitrogens with zero attached hydrogens (tertiary/aromatic N) is 1. The number of anilines is 1. The van der Waals surface area contributed by atoms with Gasteiger partial charge in [0.2, 0.25) is 9.84 Å². The van der Waals surface area contributed by atoms with Crippen LogP contribution in [0.4, 0.5) is 5.69 Å². The molecule has 1 aromatic carbocycles. The number of sulfone groups is 1. The lowest BCUT2D eigenvalue weighted by atomic mass is 10.3. The highest BCUT2D eigenvalue weighted by molar-refractivity contribution is 7.91. The molecule has 6 nitrogen and oxygen atoms in total. The number of hydrogen-bond donors (Lipinski definition) is 1. The molecule has 0 fully saturated rings. The minimum Gasteiger partial charge on any atom is -0.399 e. The average Bonchev–Trinajstić information content (AvgIpc) is 2.02. The first-order valence-corrected chi connectivity index (χ1v) is 5.27. The van der Waals surface area contributed by atoms with Crippen LogP contribution in [-0.2, 0) is 9.84 Å². The highest BCUT2D eigenvalue weighted by Crippen LogP contribution is 2.13. The maximum Gasteiger partial charge on any atom is 0.305 e. The van der Waals surface area contributed by atoms with Crippen LogP contribution in [0.1, 0.15) is 0 Å². The quantitative estimate of drug-likeness (QED) is 0.444. The molecule has 0 amide bonds. The van der Waals surface area contributed by atoms with Gasteiger partial charge in [-0.2, -0.15) is 0 Å². The van der Waals surface area contributed by atoms with Gasteiger partial charge in [-0.3, -0.25) is 10.1 Å². The van der Waals surface area contributed by atoms with Crippen LogP contribution < -0.4 is 5.73 Å². The fourth-order valence-electron chi connectivity index (χ4n) is 0.888. The van der Waals surface area contributed by atoms with Crippen LogP contribution in [0.25, 0.3) is 0 Å². The number of rotatable bonds is 3. The van der Waals surface area contributed by atoms with E-state index in [-0.39, 0.29) is 4.90 Å². The van der Waals surface area contributed by atoms with Gasteiger partial charge in [-0.05, 0) is 24.3 Å². The van der Waals surface area contributed by atoms with Crippen molar-refractivity contribution in [1.82, 2.24) is 0 Å². The van der Waals surface area contributed by atoms with Crippen molar-refractivity contribution in [2.45, 2.75) is 4.90 Å². The Kier molecular flexibility index (Phi) is 2.70. The summed E-state index contributed by atoms with van der Waals surface area (Å²) >= 11 is 0. The summed E-state index contributed by atoms with van der Waals surface area (Å²) in [5, 5.41) is 10.1. The Morgan fingerprint density at radius 3 is 2.21 bits per heavy atom. The van der Waals surface area contributed by atoms with Crippen molar-refractivity contribution in [3.05, 3.63) is 34.4 Å². The Morgan fingerprint density at radius 1 is 1.29 bits per heavy atom. The SMILES string of the molecule is Nc1ccc(S(=O)(=O)C[N+](=O)[O-])cc1. The zero-order chi connectivity index (χ0) is 10.8. The van der Waals surface area contributed by atoms with Gasteiger partial charge in [0.15, 0.2) is 0 Å². The van der Waals surface area contributed by atoms with Crippen LogP contribution in [0.15, 0.2) is 29.2 Å². The van der Waals surface area contributed by atoms with E-state index in [2.05, 4.69) is 0 Å². The molecule has 0 heterocycles. The first-order valence-electron chi connectivity index (χ1n) is 3.62. The number of benzene rings is 1. The lowest BCUT2D eigenvalue weighted by Crippen LogP contribution is -2.14. The van der Waals surface area contributed by atoms with Gasteiger partial charge in [0, 0.05) is 10.6 Å². The molecule has 1 rings (SSSR count). The summed E-state index contributed by atoms with van der Waals surface area (Å²) in [6, 6.07) is 5.25. The zero-order valence-electron chi connectivity index (χ0n) is 7.08. The number of hydrogen-bond acceptors (Lipinski definition) is 5. The second kappa shape index (κ2) is 3.62. The molecular formula is C7H8N2O4S. The van der Waals surface area contributed by atoms with E-state index in [0.717, 1.165) is 0 Å². The van der Waals surface area contributed by atoms with E-state index < -0.39 is 20.6 Å². The molecule has 76 valence electrons. The van der Waals surface area contributed by atoms with Crippen molar-refractivity contribution in [2.75, 3.05) is 11.6 Å². The lowest BCUT2D eigenvalue weighted by molar-refractivity contribution is -0.458. The molecule has 0 aromatic heterocycles. The normalized spacial score (nSPS) is 11.1. The molecule has 0 atom stereocenters. The van der Waals surface area contributed by atoms with E-state index in [1.54, 1.807) is 0 Å². The molecular weight excluding hydrogens is 208 g/mol. The Labute approximate surface area is 80.4 Å². The molecule has 0 unspecified atom stereocenters. The summed E-state index contributed by atoms with van der Waals surface area (Å²) in [4.78, 5) is 9.08. The molecule has 0 saturated carbocycles. The Hall–Kier alpha value is -1.63. The van der Waals surface area contributed by atoms with Crippen LogP contribution in [0.5, 0.6) is 0 Å². The van der Waals surface area contributed by atoms with Crippen LogP contribution in [0.2, 0.25) is 0 Å². The number of nitro groups is 1. The fourth-order valence-corrected chi connectivity index (χ4v) is 1.87. The molecule has 14 heavy (non-hydrogen) atoms. The minimum absolute atomic E-state index is 0.0941. The van der Waals surface area contributed by atoms with Gasteiger partial charge >= 0.3 is 5.88 Å². The summed E-state index contributed by atoms with van der Waals surface area (Å²) in [5.74, 6) is -1.10.